The molecule has 2 unspecified atom stereocenters. The Balaban J connectivity index is 1.63. The Morgan fingerprint density at radius 2 is 1.61 bits per heavy atom. The van der Waals surface area contributed by atoms with E-state index < -0.39 is 33.7 Å². The van der Waals surface area contributed by atoms with Gasteiger partial charge in [0.2, 0.25) is 10.0 Å². The maximum absolute atomic E-state index is 13.5. The van der Waals surface area contributed by atoms with Gasteiger partial charge in [0.05, 0.1) is 18.1 Å². The van der Waals surface area contributed by atoms with E-state index in [9.17, 15) is 18.3 Å². The number of ether oxygens (including phenoxy) is 2. The third kappa shape index (κ3) is 4.88. The van der Waals surface area contributed by atoms with E-state index in [1.54, 1.807) is 12.1 Å². The Labute approximate surface area is 202 Å². The Morgan fingerprint density at radius 1 is 1.03 bits per heavy atom. The molecule has 1 saturated carbocycles. The fourth-order valence-corrected chi connectivity index (χ4v) is 6.46. The van der Waals surface area contributed by atoms with Crippen molar-refractivity contribution in [3.8, 4) is 11.1 Å². The van der Waals surface area contributed by atoms with E-state index in [1.165, 1.54) is 19.2 Å². The second kappa shape index (κ2) is 9.84. The molecule has 178 valence electrons. The van der Waals surface area contributed by atoms with Crippen molar-refractivity contribution in [3.63, 3.8) is 0 Å². The van der Waals surface area contributed by atoms with Gasteiger partial charge in [-0.25, -0.2) is 8.42 Å². The van der Waals surface area contributed by atoms with Crippen LogP contribution in [-0.4, -0.2) is 55.9 Å². The predicted molar refractivity (Wildman–Crippen MR) is 127 cm³/mol. The van der Waals surface area contributed by atoms with E-state index in [1.807, 2.05) is 24.3 Å². The third-order valence-corrected chi connectivity index (χ3v) is 8.95. The number of hydrogen-bond acceptors (Lipinski definition) is 5. The lowest BCUT2D eigenvalue weighted by Gasteiger charge is -2.48. The van der Waals surface area contributed by atoms with Crippen LogP contribution < -0.4 is 0 Å². The van der Waals surface area contributed by atoms with Gasteiger partial charge in [0.15, 0.2) is 5.79 Å². The number of hydrogen-bond donors (Lipinski definition) is 1. The van der Waals surface area contributed by atoms with Crippen molar-refractivity contribution in [2.75, 3.05) is 20.3 Å². The lowest BCUT2D eigenvalue weighted by molar-refractivity contribution is -0.310. The molecule has 0 bridgehead atoms. The first-order chi connectivity index (χ1) is 15.7. The normalized spacial score (nSPS) is 21.7. The van der Waals surface area contributed by atoms with Gasteiger partial charge in [-0.2, -0.15) is 4.31 Å². The van der Waals surface area contributed by atoms with Gasteiger partial charge < -0.3 is 14.6 Å². The summed E-state index contributed by atoms with van der Waals surface area (Å²) in [4.78, 5) is 12.4. The molecule has 2 aromatic rings. The number of rotatable bonds is 6. The number of carboxylic acids is 1. The van der Waals surface area contributed by atoms with Gasteiger partial charge in [0, 0.05) is 23.9 Å². The molecular formula is C24H28BrNO6S. The fourth-order valence-electron chi connectivity index (χ4n) is 4.85. The molecule has 2 aliphatic rings. The molecule has 7 nitrogen and oxygen atoms in total. The molecule has 1 aliphatic heterocycles. The molecule has 1 heterocycles. The van der Waals surface area contributed by atoms with Gasteiger partial charge >= 0.3 is 5.97 Å². The molecule has 9 heteroatoms. The maximum atomic E-state index is 13.5. The number of nitrogens with zero attached hydrogens (tertiary/aromatic N) is 1. The third-order valence-electron chi connectivity index (χ3n) is 6.57. The van der Waals surface area contributed by atoms with Gasteiger partial charge in [-0.1, -0.05) is 46.6 Å². The summed E-state index contributed by atoms with van der Waals surface area (Å²) in [6.45, 7) is 0.966. The topological polar surface area (TPSA) is 93.1 Å². The first-order valence-electron chi connectivity index (χ1n) is 11.1. The number of sulfonamides is 1. The van der Waals surface area contributed by atoms with E-state index in [0.29, 0.717) is 26.1 Å². The highest BCUT2D eigenvalue weighted by Gasteiger charge is 2.53. The van der Waals surface area contributed by atoms with Crippen molar-refractivity contribution in [1.82, 2.24) is 4.31 Å². The van der Waals surface area contributed by atoms with Crippen LogP contribution in [0.5, 0.6) is 0 Å². The molecule has 2 fully saturated rings. The van der Waals surface area contributed by atoms with E-state index >= 15 is 0 Å². The molecule has 0 aromatic heterocycles. The second-order valence-corrected chi connectivity index (χ2v) is 11.5. The number of likely N-dealkylation sites (N-methyl/N-ethyl adjacent to an activating group) is 1. The Morgan fingerprint density at radius 3 is 2.18 bits per heavy atom. The lowest BCUT2D eigenvalue weighted by Crippen LogP contribution is -2.59. The molecule has 1 aliphatic carbocycles. The van der Waals surface area contributed by atoms with E-state index in [4.69, 9.17) is 9.47 Å². The van der Waals surface area contributed by atoms with E-state index in [-0.39, 0.29) is 4.90 Å². The Bertz CT molecular complexity index is 1070. The SMILES string of the molecule is CN(C(C(=O)O)C1CCCCC12OCCCO2)S(=O)(=O)c1ccc(-c2ccc(Br)cc2)cc1. The van der Waals surface area contributed by atoms with Crippen molar-refractivity contribution in [2.24, 2.45) is 5.92 Å². The van der Waals surface area contributed by atoms with Crippen LogP contribution in [0.3, 0.4) is 0 Å². The first kappa shape index (κ1) is 24.3. The zero-order valence-corrected chi connectivity index (χ0v) is 20.8. The Hall–Kier alpha value is -1.78. The van der Waals surface area contributed by atoms with Crippen molar-refractivity contribution >= 4 is 31.9 Å². The number of aliphatic carboxylic acids is 1. The second-order valence-electron chi connectivity index (χ2n) is 8.55. The molecule has 1 spiro atoms. The number of carboxylic acid groups (broad SMARTS) is 1. The lowest BCUT2D eigenvalue weighted by atomic mass is 9.78. The van der Waals surface area contributed by atoms with Crippen LogP contribution >= 0.6 is 15.9 Å². The molecule has 1 saturated heterocycles. The molecule has 33 heavy (non-hydrogen) atoms. The summed E-state index contributed by atoms with van der Waals surface area (Å²) in [6, 6.07) is 12.9. The van der Waals surface area contributed by atoms with Crippen molar-refractivity contribution in [2.45, 2.75) is 48.8 Å². The largest absolute Gasteiger partial charge is 0.480 e. The summed E-state index contributed by atoms with van der Waals surface area (Å²) in [5, 5.41) is 10.1. The van der Waals surface area contributed by atoms with Crippen LogP contribution in [0.4, 0.5) is 0 Å². The van der Waals surface area contributed by atoms with E-state index in [2.05, 4.69) is 15.9 Å². The molecule has 2 atom stereocenters. The highest BCUT2D eigenvalue weighted by molar-refractivity contribution is 9.10. The van der Waals surface area contributed by atoms with Crippen LogP contribution in [-0.2, 0) is 24.3 Å². The van der Waals surface area contributed by atoms with Gasteiger partial charge in [-0.15, -0.1) is 0 Å². The van der Waals surface area contributed by atoms with Crippen molar-refractivity contribution in [1.29, 1.82) is 0 Å². The number of carbonyl (C=O) groups is 1. The van der Waals surface area contributed by atoms with Gasteiger partial charge in [0.1, 0.15) is 6.04 Å². The monoisotopic (exact) mass is 537 g/mol. The smallest absolute Gasteiger partial charge is 0.322 e. The minimum absolute atomic E-state index is 0.0486. The predicted octanol–water partition coefficient (Wildman–Crippen LogP) is 4.51. The summed E-state index contributed by atoms with van der Waals surface area (Å²) < 4.78 is 40.8. The molecule has 0 radical (unpaired) electrons. The van der Waals surface area contributed by atoms with Gasteiger partial charge in [0.25, 0.3) is 0 Å². The van der Waals surface area contributed by atoms with Crippen molar-refractivity contribution in [3.05, 3.63) is 53.0 Å². The van der Waals surface area contributed by atoms with Crippen LogP contribution in [0.25, 0.3) is 11.1 Å². The highest BCUT2D eigenvalue weighted by atomic mass is 79.9. The first-order valence-corrected chi connectivity index (χ1v) is 13.3. The molecular weight excluding hydrogens is 510 g/mol. The highest BCUT2D eigenvalue weighted by Crippen LogP contribution is 2.43. The fraction of sp³-hybridized carbons (Fsp3) is 0.458. The summed E-state index contributed by atoms with van der Waals surface area (Å²) >= 11 is 3.41. The zero-order chi connectivity index (χ0) is 23.6. The summed E-state index contributed by atoms with van der Waals surface area (Å²) in [5.74, 6) is -2.84. The average Bonchev–Trinajstić information content (AvgIpc) is 2.81. The molecule has 2 aromatic carbocycles. The van der Waals surface area contributed by atoms with Crippen molar-refractivity contribution < 1.29 is 27.8 Å². The molecule has 0 amide bonds. The minimum Gasteiger partial charge on any atom is -0.480 e. The van der Waals surface area contributed by atoms with E-state index in [0.717, 1.165) is 39.2 Å². The maximum Gasteiger partial charge on any atom is 0.322 e. The summed E-state index contributed by atoms with van der Waals surface area (Å²) in [7, 11) is -2.72. The zero-order valence-electron chi connectivity index (χ0n) is 18.4. The standard InChI is InChI=1S/C24H28BrNO6S/c1-26(22(23(27)28)21-5-2-3-14-24(21)31-15-4-16-32-24)33(29,30)20-12-8-18(9-13-20)17-6-10-19(25)11-7-17/h6-13,21-22H,2-5,14-16H2,1H3,(H,27,28). The summed E-state index contributed by atoms with van der Waals surface area (Å²) in [6.07, 6.45) is 3.50. The van der Waals surface area contributed by atoms with Crippen LogP contribution in [0.1, 0.15) is 32.1 Å². The summed E-state index contributed by atoms with van der Waals surface area (Å²) in [5.41, 5.74) is 1.82. The number of halogens is 1. The van der Waals surface area contributed by atoms with Crippen LogP contribution in [0.2, 0.25) is 0 Å². The average molecular weight is 538 g/mol. The van der Waals surface area contributed by atoms with Gasteiger partial charge in [-0.05, 0) is 54.7 Å². The van der Waals surface area contributed by atoms with Gasteiger partial charge in [-0.3, -0.25) is 4.79 Å². The minimum atomic E-state index is -4.06. The quantitative estimate of drug-likeness (QED) is 0.582. The molecule has 4 rings (SSSR count). The van der Waals surface area contributed by atoms with Crippen LogP contribution in [0.15, 0.2) is 57.9 Å². The molecule has 1 N–H and O–H groups in total. The number of benzene rings is 2. The Kier molecular flexibility index (Phi) is 7.26. The van der Waals surface area contributed by atoms with Crippen LogP contribution in [0, 0.1) is 5.92 Å².